The van der Waals surface area contributed by atoms with E-state index in [0.29, 0.717) is 11.3 Å². The van der Waals surface area contributed by atoms with Crippen LogP contribution >= 0.6 is 0 Å². The van der Waals surface area contributed by atoms with Gasteiger partial charge in [-0.25, -0.2) is 9.97 Å². The van der Waals surface area contributed by atoms with Gasteiger partial charge in [-0.05, 0) is 74.3 Å². The minimum atomic E-state index is 0.305. The zero-order valence-electron chi connectivity index (χ0n) is 16.9. The second-order valence-electron chi connectivity index (χ2n) is 9.66. The van der Waals surface area contributed by atoms with Crippen molar-refractivity contribution < 1.29 is 4.79 Å². The molecular weight excluding hydrogens is 350 g/mol. The average Bonchev–Trinajstić information content (AvgIpc) is 3.09. The Kier molecular flexibility index (Phi) is 4.99. The fourth-order valence-electron chi connectivity index (χ4n) is 6.79. The maximum atomic E-state index is 12.6. The number of rotatable bonds is 7. The van der Waals surface area contributed by atoms with E-state index >= 15 is 0 Å². The van der Waals surface area contributed by atoms with E-state index in [2.05, 4.69) is 25.1 Å². The van der Waals surface area contributed by atoms with E-state index in [4.69, 9.17) is 0 Å². The van der Waals surface area contributed by atoms with Crippen LogP contribution in [-0.2, 0) is 4.79 Å². The highest BCUT2D eigenvalue weighted by Crippen LogP contribution is 2.66. The van der Waals surface area contributed by atoms with Crippen LogP contribution in [0, 0.1) is 23.2 Å². The normalized spacial score (nSPS) is 34.1. The van der Waals surface area contributed by atoms with E-state index in [1.165, 1.54) is 32.1 Å². The zero-order chi connectivity index (χ0) is 19.0. The van der Waals surface area contributed by atoms with Gasteiger partial charge in [-0.1, -0.05) is 0 Å². The molecule has 0 aromatic carbocycles. The first-order valence-corrected chi connectivity index (χ1v) is 11.2. The van der Waals surface area contributed by atoms with Crippen molar-refractivity contribution in [1.29, 1.82) is 0 Å². The van der Waals surface area contributed by atoms with Gasteiger partial charge in [0.15, 0.2) is 0 Å². The quantitative estimate of drug-likeness (QED) is 0.732. The molecule has 1 aliphatic heterocycles. The van der Waals surface area contributed by atoms with Gasteiger partial charge in [0.25, 0.3) is 0 Å². The van der Waals surface area contributed by atoms with E-state index in [1.807, 2.05) is 6.07 Å². The Bertz CT molecular complexity index is 673. The molecule has 1 N–H and O–H groups in total. The van der Waals surface area contributed by atoms with Crippen molar-refractivity contribution in [2.75, 3.05) is 44.2 Å². The summed E-state index contributed by atoms with van der Waals surface area (Å²) < 4.78 is 0. The highest BCUT2D eigenvalue weighted by molar-refractivity contribution is 5.76. The van der Waals surface area contributed by atoms with Crippen LogP contribution in [0.2, 0.25) is 0 Å². The number of piperazine rings is 1. The van der Waals surface area contributed by atoms with Gasteiger partial charge in [-0.2, -0.15) is 0 Å². The molecule has 6 rings (SSSR count). The van der Waals surface area contributed by atoms with Crippen LogP contribution in [0.25, 0.3) is 0 Å². The topological polar surface area (TPSA) is 61.4 Å². The smallest absolute Gasteiger partial charge is 0.225 e. The monoisotopic (exact) mass is 383 g/mol. The van der Waals surface area contributed by atoms with E-state index in [-0.39, 0.29) is 0 Å². The van der Waals surface area contributed by atoms with Crippen molar-refractivity contribution in [3.63, 3.8) is 0 Å². The number of nitrogens with one attached hydrogen (secondary N) is 1. The van der Waals surface area contributed by atoms with Crippen LogP contribution < -0.4 is 10.2 Å². The molecule has 2 atom stereocenters. The number of nitrogens with zero attached hydrogens (tertiary/aromatic N) is 4. The summed E-state index contributed by atoms with van der Waals surface area (Å²) in [6.07, 6.45) is 12.4. The van der Waals surface area contributed by atoms with Crippen molar-refractivity contribution >= 4 is 11.9 Å². The number of amides is 1. The van der Waals surface area contributed by atoms with Gasteiger partial charge in [-0.15, -0.1) is 0 Å². The summed E-state index contributed by atoms with van der Waals surface area (Å²) in [6.45, 7) is 5.90. The fraction of sp³-hybridized carbons (Fsp3) is 0.773. The predicted molar refractivity (Wildman–Crippen MR) is 109 cm³/mol. The second kappa shape index (κ2) is 7.62. The lowest BCUT2D eigenvalue weighted by Gasteiger charge is -2.34. The second-order valence-corrected chi connectivity index (χ2v) is 9.66. The largest absolute Gasteiger partial charge is 0.356 e. The zero-order valence-corrected chi connectivity index (χ0v) is 16.9. The van der Waals surface area contributed by atoms with Gasteiger partial charge in [0.1, 0.15) is 0 Å². The molecule has 4 saturated carbocycles. The van der Waals surface area contributed by atoms with Gasteiger partial charge < -0.3 is 10.2 Å². The third kappa shape index (κ3) is 3.63. The number of aromatic nitrogens is 2. The summed E-state index contributed by atoms with van der Waals surface area (Å²) in [7, 11) is 0. The predicted octanol–water partition coefficient (Wildman–Crippen LogP) is 2.32. The Hall–Kier alpha value is -1.69. The molecule has 0 radical (unpaired) electrons. The Labute approximate surface area is 168 Å². The molecule has 1 saturated heterocycles. The van der Waals surface area contributed by atoms with Gasteiger partial charge in [0.2, 0.25) is 11.9 Å². The molecule has 28 heavy (non-hydrogen) atoms. The molecule has 4 bridgehead atoms. The van der Waals surface area contributed by atoms with Crippen LogP contribution in [0.15, 0.2) is 18.5 Å². The SMILES string of the molecule is O=C(CC12CC3CC(CC1C3)C2)NCCCN1CCN(c2ncccn2)CC1. The molecule has 4 aliphatic carbocycles. The van der Waals surface area contributed by atoms with Crippen molar-refractivity contribution in [3.05, 3.63) is 18.5 Å². The Morgan fingerprint density at radius 2 is 1.79 bits per heavy atom. The van der Waals surface area contributed by atoms with E-state index < -0.39 is 0 Å². The summed E-state index contributed by atoms with van der Waals surface area (Å²) in [4.78, 5) is 26.0. The number of carbonyl (C=O) groups is 1. The highest BCUT2D eigenvalue weighted by Gasteiger charge is 2.57. The summed E-state index contributed by atoms with van der Waals surface area (Å²) >= 11 is 0. The van der Waals surface area contributed by atoms with Crippen LogP contribution in [0.1, 0.15) is 44.9 Å². The summed E-state index contributed by atoms with van der Waals surface area (Å²) in [5, 5.41) is 3.22. The number of hydrogen-bond acceptors (Lipinski definition) is 5. The van der Waals surface area contributed by atoms with E-state index in [1.54, 1.807) is 12.4 Å². The van der Waals surface area contributed by atoms with Gasteiger partial charge in [0, 0.05) is 51.5 Å². The molecule has 0 spiro atoms. The lowest BCUT2D eigenvalue weighted by Crippen LogP contribution is -2.47. The minimum Gasteiger partial charge on any atom is -0.356 e. The van der Waals surface area contributed by atoms with Crippen molar-refractivity contribution in [2.45, 2.75) is 44.9 Å². The van der Waals surface area contributed by atoms with Crippen LogP contribution in [0.5, 0.6) is 0 Å². The third-order valence-corrected chi connectivity index (χ3v) is 7.85. The first kappa shape index (κ1) is 18.3. The molecule has 1 aromatic heterocycles. The molecular formula is C22H33N5O. The lowest BCUT2D eigenvalue weighted by molar-refractivity contribution is -0.124. The molecule has 5 fully saturated rings. The van der Waals surface area contributed by atoms with Gasteiger partial charge in [-0.3, -0.25) is 9.69 Å². The van der Waals surface area contributed by atoms with Crippen molar-refractivity contribution in [3.8, 4) is 0 Å². The maximum Gasteiger partial charge on any atom is 0.225 e. The van der Waals surface area contributed by atoms with Crippen molar-refractivity contribution in [1.82, 2.24) is 20.2 Å². The van der Waals surface area contributed by atoms with Gasteiger partial charge in [0.05, 0.1) is 0 Å². The Balaban J connectivity index is 0.996. The molecule has 2 unspecified atom stereocenters. The summed E-state index contributed by atoms with van der Waals surface area (Å²) in [5.41, 5.74) is 0.382. The first-order valence-electron chi connectivity index (χ1n) is 11.2. The number of carbonyl (C=O) groups excluding carboxylic acids is 1. The molecule has 5 aliphatic rings. The van der Waals surface area contributed by atoms with E-state index in [9.17, 15) is 4.79 Å². The molecule has 2 heterocycles. The van der Waals surface area contributed by atoms with Crippen molar-refractivity contribution in [2.24, 2.45) is 23.2 Å². The Morgan fingerprint density at radius 1 is 1.07 bits per heavy atom. The molecule has 152 valence electrons. The lowest BCUT2D eigenvalue weighted by atomic mass is 9.73. The number of anilines is 1. The van der Waals surface area contributed by atoms with Crippen LogP contribution in [-0.4, -0.2) is 60.0 Å². The molecule has 1 aromatic rings. The average molecular weight is 384 g/mol. The van der Waals surface area contributed by atoms with Gasteiger partial charge >= 0.3 is 0 Å². The minimum absolute atomic E-state index is 0.305. The van der Waals surface area contributed by atoms with Crippen LogP contribution in [0.4, 0.5) is 5.95 Å². The fourth-order valence-corrected chi connectivity index (χ4v) is 6.79. The third-order valence-electron chi connectivity index (χ3n) is 7.85. The number of hydrogen-bond donors (Lipinski definition) is 1. The first-order chi connectivity index (χ1) is 13.7. The van der Waals surface area contributed by atoms with Crippen LogP contribution in [0.3, 0.4) is 0 Å². The van der Waals surface area contributed by atoms with E-state index in [0.717, 1.165) is 75.8 Å². The Morgan fingerprint density at radius 3 is 2.50 bits per heavy atom. The molecule has 6 nitrogen and oxygen atoms in total. The highest BCUT2D eigenvalue weighted by atomic mass is 16.1. The maximum absolute atomic E-state index is 12.6. The molecule has 1 amide bonds. The standard InChI is InChI=1S/C22H33N5O/c28-20(16-22-14-17-11-18(15-22)13-19(22)12-17)23-5-2-6-26-7-9-27(10-8-26)21-24-3-1-4-25-21/h1,3-4,17-19H,2,5-16H2,(H,23,28). The summed E-state index contributed by atoms with van der Waals surface area (Å²) in [5.74, 6) is 3.87. The summed E-state index contributed by atoms with van der Waals surface area (Å²) in [6, 6.07) is 1.86. The molecule has 6 heteroatoms.